The molecule has 0 aromatic heterocycles. The van der Waals surface area contributed by atoms with Crippen molar-refractivity contribution >= 4 is 0 Å². The van der Waals surface area contributed by atoms with Gasteiger partial charge in [0.15, 0.2) is 0 Å². The van der Waals surface area contributed by atoms with Crippen LogP contribution in [-0.4, -0.2) is 35.2 Å². The van der Waals surface area contributed by atoms with Crippen LogP contribution in [0.2, 0.25) is 0 Å². The van der Waals surface area contributed by atoms with Crippen molar-refractivity contribution in [3.05, 3.63) is 0 Å². The maximum absolute atomic E-state index is 9.45. The summed E-state index contributed by atoms with van der Waals surface area (Å²) in [6.45, 7) is 4.50. The third-order valence-electron chi connectivity index (χ3n) is 3.55. The van der Waals surface area contributed by atoms with Gasteiger partial charge in [-0.05, 0) is 51.5 Å². The largest absolute Gasteiger partial charge is 0.393 e. The highest BCUT2D eigenvalue weighted by Gasteiger charge is 2.29. The Morgan fingerprint density at radius 2 is 2.07 bits per heavy atom. The second kappa shape index (κ2) is 4.63. The summed E-state index contributed by atoms with van der Waals surface area (Å²) in [6.07, 6.45) is 7.77. The summed E-state index contributed by atoms with van der Waals surface area (Å²) in [4.78, 5) is 2.63. The van der Waals surface area contributed by atoms with E-state index in [1.54, 1.807) is 0 Å². The molecule has 1 heterocycles. The molecule has 0 amide bonds. The molecule has 82 valence electrons. The molecule has 0 aromatic rings. The maximum Gasteiger partial charge on any atom is 0.0527 e. The first kappa shape index (κ1) is 10.4. The molecule has 2 heteroatoms. The maximum atomic E-state index is 9.45. The van der Waals surface area contributed by atoms with Gasteiger partial charge in [-0.15, -0.1) is 0 Å². The number of likely N-dealkylation sites (tertiary alicyclic amines) is 1. The first-order chi connectivity index (χ1) is 6.75. The molecule has 1 saturated heterocycles. The molecule has 14 heavy (non-hydrogen) atoms. The second-order valence-corrected chi connectivity index (χ2v) is 5.17. The van der Waals surface area contributed by atoms with Crippen LogP contribution in [0.1, 0.15) is 45.4 Å². The average molecular weight is 197 g/mol. The molecule has 2 fully saturated rings. The molecule has 2 atom stereocenters. The van der Waals surface area contributed by atoms with E-state index in [1.165, 1.54) is 45.2 Å². The third kappa shape index (κ3) is 2.96. The van der Waals surface area contributed by atoms with Crippen molar-refractivity contribution in [2.24, 2.45) is 5.92 Å². The van der Waals surface area contributed by atoms with Gasteiger partial charge in [-0.2, -0.15) is 0 Å². The third-order valence-corrected chi connectivity index (χ3v) is 3.55. The lowest BCUT2D eigenvalue weighted by molar-refractivity contribution is 0.0836. The number of piperidine rings is 1. The SMILES string of the molecule is CC(O)CC1CCCCN1CC1CC1. The Bertz CT molecular complexity index is 165. The highest BCUT2D eigenvalue weighted by atomic mass is 16.3. The van der Waals surface area contributed by atoms with Crippen molar-refractivity contribution in [2.45, 2.75) is 57.6 Å². The van der Waals surface area contributed by atoms with Crippen LogP contribution in [0.3, 0.4) is 0 Å². The average Bonchev–Trinajstić information content (AvgIpc) is 2.91. The quantitative estimate of drug-likeness (QED) is 0.745. The Kier molecular flexibility index (Phi) is 3.45. The normalized spacial score (nSPS) is 31.7. The van der Waals surface area contributed by atoms with Crippen LogP contribution in [0.25, 0.3) is 0 Å². The summed E-state index contributed by atoms with van der Waals surface area (Å²) in [5.74, 6) is 0.990. The molecule has 1 aliphatic heterocycles. The van der Waals surface area contributed by atoms with Crippen molar-refractivity contribution in [1.29, 1.82) is 0 Å². The van der Waals surface area contributed by atoms with Crippen molar-refractivity contribution in [3.8, 4) is 0 Å². The van der Waals surface area contributed by atoms with Crippen LogP contribution >= 0.6 is 0 Å². The number of aliphatic hydroxyl groups is 1. The summed E-state index contributed by atoms with van der Waals surface area (Å²) >= 11 is 0. The number of nitrogens with zero attached hydrogens (tertiary/aromatic N) is 1. The summed E-state index contributed by atoms with van der Waals surface area (Å²) < 4.78 is 0. The Morgan fingerprint density at radius 1 is 1.29 bits per heavy atom. The molecule has 0 spiro atoms. The van der Waals surface area contributed by atoms with Crippen LogP contribution in [0, 0.1) is 5.92 Å². The summed E-state index contributed by atoms with van der Waals surface area (Å²) in [7, 11) is 0. The highest BCUT2D eigenvalue weighted by Crippen LogP contribution is 2.32. The molecular formula is C12H23NO. The van der Waals surface area contributed by atoms with Gasteiger partial charge in [0.2, 0.25) is 0 Å². The van der Waals surface area contributed by atoms with E-state index in [2.05, 4.69) is 4.90 Å². The van der Waals surface area contributed by atoms with E-state index in [1.807, 2.05) is 6.92 Å². The lowest BCUT2D eigenvalue weighted by atomic mass is 9.97. The monoisotopic (exact) mass is 197 g/mol. The zero-order valence-corrected chi connectivity index (χ0v) is 9.28. The van der Waals surface area contributed by atoms with E-state index in [0.717, 1.165) is 12.3 Å². The van der Waals surface area contributed by atoms with Gasteiger partial charge in [0.25, 0.3) is 0 Å². The first-order valence-corrected chi connectivity index (χ1v) is 6.18. The zero-order valence-electron chi connectivity index (χ0n) is 9.28. The van der Waals surface area contributed by atoms with Gasteiger partial charge < -0.3 is 10.0 Å². The van der Waals surface area contributed by atoms with Crippen molar-refractivity contribution < 1.29 is 5.11 Å². The summed E-state index contributed by atoms with van der Waals surface area (Å²) in [5, 5.41) is 9.45. The minimum absolute atomic E-state index is 0.125. The molecule has 0 aromatic carbocycles. The molecule has 2 aliphatic rings. The Balaban J connectivity index is 1.82. The number of rotatable bonds is 4. The fraction of sp³-hybridized carbons (Fsp3) is 1.00. The fourth-order valence-corrected chi connectivity index (χ4v) is 2.59. The van der Waals surface area contributed by atoms with E-state index in [0.29, 0.717) is 6.04 Å². The molecule has 1 aliphatic carbocycles. The predicted molar refractivity (Wildman–Crippen MR) is 58.2 cm³/mol. The lowest BCUT2D eigenvalue weighted by Gasteiger charge is -2.36. The molecule has 0 bridgehead atoms. The Labute approximate surface area is 87.3 Å². The molecule has 2 nitrogen and oxygen atoms in total. The predicted octanol–water partition coefficient (Wildman–Crippen LogP) is 2.02. The van der Waals surface area contributed by atoms with Gasteiger partial charge in [-0.25, -0.2) is 0 Å². The molecule has 1 saturated carbocycles. The van der Waals surface area contributed by atoms with Crippen LogP contribution in [0.15, 0.2) is 0 Å². The number of hydrogen-bond acceptors (Lipinski definition) is 2. The fourth-order valence-electron chi connectivity index (χ4n) is 2.59. The lowest BCUT2D eigenvalue weighted by Crippen LogP contribution is -2.42. The molecule has 1 N–H and O–H groups in total. The Morgan fingerprint density at radius 3 is 2.71 bits per heavy atom. The standard InChI is InChI=1S/C12H23NO/c1-10(14)8-12-4-2-3-7-13(12)9-11-5-6-11/h10-12,14H,2-9H2,1H3. The van der Waals surface area contributed by atoms with Gasteiger partial charge in [-0.3, -0.25) is 0 Å². The van der Waals surface area contributed by atoms with Crippen molar-refractivity contribution in [1.82, 2.24) is 4.90 Å². The van der Waals surface area contributed by atoms with Gasteiger partial charge in [0.05, 0.1) is 6.10 Å². The van der Waals surface area contributed by atoms with Gasteiger partial charge in [0, 0.05) is 12.6 Å². The van der Waals surface area contributed by atoms with Crippen molar-refractivity contribution in [3.63, 3.8) is 0 Å². The van der Waals surface area contributed by atoms with Crippen LogP contribution in [0.4, 0.5) is 0 Å². The molecule has 2 unspecified atom stereocenters. The minimum Gasteiger partial charge on any atom is -0.393 e. The minimum atomic E-state index is -0.125. The summed E-state index contributed by atoms with van der Waals surface area (Å²) in [6, 6.07) is 0.671. The van der Waals surface area contributed by atoms with E-state index in [4.69, 9.17) is 0 Å². The number of hydrogen-bond donors (Lipinski definition) is 1. The topological polar surface area (TPSA) is 23.5 Å². The molecule has 0 radical (unpaired) electrons. The smallest absolute Gasteiger partial charge is 0.0527 e. The van der Waals surface area contributed by atoms with Gasteiger partial charge in [0.1, 0.15) is 0 Å². The summed E-state index contributed by atoms with van der Waals surface area (Å²) in [5.41, 5.74) is 0. The van der Waals surface area contributed by atoms with Crippen LogP contribution in [0.5, 0.6) is 0 Å². The van der Waals surface area contributed by atoms with E-state index in [9.17, 15) is 5.11 Å². The zero-order chi connectivity index (χ0) is 9.97. The second-order valence-electron chi connectivity index (χ2n) is 5.17. The number of aliphatic hydroxyl groups excluding tert-OH is 1. The first-order valence-electron chi connectivity index (χ1n) is 6.18. The van der Waals surface area contributed by atoms with Gasteiger partial charge in [-0.1, -0.05) is 6.42 Å². The van der Waals surface area contributed by atoms with Gasteiger partial charge >= 0.3 is 0 Å². The van der Waals surface area contributed by atoms with Crippen LogP contribution in [-0.2, 0) is 0 Å². The Hall–Kier alpha value is -0.0800. The van der Waals surface area contributed by atoms with E-state index >= 15 is 0 Å². The van der Waals surface area contributed by atoms with Crippen molar-refractivity contribution in [2.75, 3.05) is 13.1 Å². The molecule has 2 rings (SSSR count). The highest BCUT2D eigenvalue weighted by molar-refractivity contribution is 4.84. The van der Waals surface area contributed by atoms with E-state index in [-0.39, 0.29) is 6.10 Å². The van der Waals surface area contributed by atoms with E-state index < -0.39 is 0 Å². The van der Waals surface area contributed by atoms with Crippen LogP contribution < -0.4 is 0 Å². The molecular weight excluding hydrogens is 174 g/mol.